The third kappa shape index (κ3) is 19.0. The van der Waals surface area contributed by atoms with Crippen LogP contribution in [0.4, 0.5) is 0 Å². The van der Waals surface area contributed by atoms with Gasteiger partial charge in [-0.15, -0.1) is 0 Å². The molecule has 388 valence electrons. The van der Waals surface area contributed by atoms with Crippen LogP contribution in [0.15, 0.2) is 0 Å². The van der Waals surface area contributed by atoms with Gasteiger partial charge < -0.3 is 108 Å². The van der Waals surface area contributed by atoms with Crippen molar-refractivity contribution in [1.29, 1.82) is 0 Å². The third-order valence-corrected chi connectivity index (χ3v) is 10.7. The Bertz CT molecular complexity index is 1620. The summed E-state index contributed by atoms with van der Waals surface area (Å²) in [7, 11) is 0. The first-order valence-electron chi connectivity index (χ1n) is 20.6. The number of aliphatic carboxylic acids is 2. The maximum atomic E-state index is 14.1. The number of carbonyl (C=O) groups excluding carboxylic acids is 6. The summed E-state index contributed by atoms with van der Waals surface area (Å²) < 4.78 is 0. The van der Waals surface area contributed by atoms with Gasteiger partial charge in [-0.25, -0.2) is 4.79 Å². The average molecular weight is 980 g/mol. The van der Waals surface area contributed by atoms with E-state index in [1.54, 1.807) is 5.32 Å². The van der Waals surface area contributed by atoms with Gasteiger partial charge in [-0.1, -0.05) is 13.8 Å². The monoisotopic (exact) mass is 979 g/mol. The van der Waals surface area contributed by atoms with Gasteiger partial charge in [0.2, 0.25) is 17.7 Å². The van der Waals surface area contributed by atoms with Gasteiger partial charge >= 0.3 is 11.9 Å². The Balaban J connectivity index is 7.54. The van der Waals surface area contributed by atoms with Crippen LogP contribution in [-0.4, -0.2) is 257 Å². The molecule has 0 radical (unpaired) electrons. The zero-order valence-corrected chi connectivity index (χ0v) is 36.3. The molecule has 0 rings (SSSR count). The first-order valence-corrected chi connectivity index (χ1v) is 20.6. The fraction of sp³-hybridized carbons (Fsp3) is 0.789. The number of nitrogens with one attached hydrogen (secondary N) is 3. The molecule has 21 N–H and O–H groups in total. The molecule has 0 heterocycles. The van der Waals surface area contributed by atoms with E-state index in [1.807, 2.05) is 10.6 Å². The van der Waals surface area contributed by atoms with Crippen molar-refractivity contribution in [3.05, 3.63) is 0 Å². The number of ketones is 3. The van der Waals surface area contributed by atoms with Crippen molar-refractivity contribution in [2.45, 2.75) is 144 Å². The lowest BCUT2D eigenvalue weighted by Gasteiger charge is -2.34. The van der Waals surface area contributed by atoms with Crippen LogP contribution in [-0.2, 0) is 38.4 Å². The van der Waals surface area contributed by atoms with E-state index in [1.165, 1.54) is 13.8 Å². The summed E-state index contributed by atoms with van der Waals surface area (Å²) in [5.74, 6) is -19.6. The predicted molar refractivity (Wildman–Crippen MR) is 216 cm³/mol. The molecular weight excluding hydrogens is 914 g/mol. The van der Waals surface area contributed by atoms with Gasteiger partial charge in [0.1, 0.15) is 72.8 Å². The molecule has 0 aromatic heterocycles. The summed E-state index contributed by atoms with van der Waals surface area (Å²) in [6.45, 7) is -2.52. The molecule has 3 amide bonds. The molecule has 0 aromatic carbocycles. The van der Waals surface area contributed by atoms with Crippen molar-refractivity contribution >= 4 is 47.0 Å². The largest absolute Gasteiger partial charge is 0.481 e. The number of aliphatic hydroxyl groups excluding tert-OH is 16. The molecule has 29 nitrogen and oxygen atoms in total. The Morgan fingerprint density at radius 3 is 1.06 bits per heavy atom. The lowest BCUT2D eigenvalue weighted by molar-refractivity contribution is -0.152. The van der Waals surface area contributed by atoms with Gasteiger partial charge in [-0.05, 0) is 6.42 Å². The number of aliphatic hydroxyl groups is 16. The first-order chi connectivity index (χ1) is 31.1. The van der Waals surface area contributed by atoms with Gasteiger partial charge in [-0.3, -0.25) is 33.6 Å². The first kappa shape index (κ1) is 62.7. The molecule has 0 fully saturated rings. The number of hydrogen-bond acceptors (Lipinski definition) is 24. The average Bonchev–Trinajstić information content (AvgIpc) is 3.30. The summed E-state index contributed by atoms with van der Waals surface area (Å²) in [6.07, 6.45) is -35.6. The summed E-state index contributed by atoms with van der Waals surface area (Å²) >= 11 is 0. The second kappa shape index (κ2) is 30.3. The fourth-order valence-corrected chi connectivity index (χ4v) is 6.38. The van der Waals surface area contributed by atoms with Crippen molar-refractivity contribution in [2.75, 3.05) is 26.4 Å². The molecular formula is C38H65N3O26. The summed E-state index contributed by atoms with van der Waals surface area (Å²) in [6, 6.07) is -6.80. The predicted octanol–water partition coefficient (Wildman–Crippen LogP) is -11.2. The van der Waals surface area contributed by atoms with Crippen molar-refractivity contribution in [1.82, 2.24) is 16.0 Å². The molecule has 0 aliphatic heterocycles. The number of carbonyl (C=O) groups is 8. The number of carboxylic acids is 2. The van der Waals surface area contributed by atoms with Crippen LogP contribution >= 0.6 is 0 Å². The lowest BCUT2D eigenvalue weighted by atomic mass is 9.84. The van der Waals surface area contributed by atoms with Crippen LogP contribution in [0.5, 0.6) is 0 Å². The molecule has 0 saturated carbocycles. The van der Waals surface area contributed by atoms with E-state index in [4.69, 9.17) is 0 Å². The highest BCUT2D eigenvalue weighted by Gasteiger charge is 2.46. The number of hydrogen-bond donors (Lipinski definition) is 21. The quantitative estimate of drug-likeness (QED) is 0.0280. The maximum absolute atomic E-state index is 14.1. The lowest BCUT2D eigenvalue weighted by Crippen LogP contribution is -2.60. The minimum Gasteiger partial charge on any atom is -0.481 e. The van der Waals surface area contributed by atoms with Crippen LogP contribution in [0.2, 0.25) is 0 Å². The van der Waals surface area contributed by atoms with Crippen LogP contribution in [0.25, 0.3) is 0 Å². The molecule has 0 spiro atoms. The summed E-state index contributed by atoms with van der Waals surface area (Å²) in [5.41, 5.74) is 0. The molecule has 0 unspecified atom stereocenters. The summed E-state index contributed by atoms with van der Waals surface area (Å²) in [4.78, 5) is 105. The minimum atomic E-state index is -2.82. The van der Waals surface area contributed by atoms with Gasteiger partial charge in [0.25, 0.3) is 0 Å². The topological polar surface area (TPSA) is 537 Å². The Morgan fingerprint density at radius 1 is 0.403 bits per heavy atom. The zero-order valence-electron chi connectivity index (χ0n) is 36.3. The van der Waals surface area contributed by atoms with Crippen LogP contribution in [0.1, 0.15) is 52.4 Å². The van der Waals surface area contributed by atoms with E-state index < -0.39 is 208 Å². The Morgan fingerprint density at radius 2 is 0.731 bits per heavy atom. The van der Waals surface area contributed by atoms with Crippen LogP contribution < -0.4 is 16.0 Å². The van der Waals surface area contributed by atoms with E-state index in [-0.39, 0.29) is 12.8 Å². The Hall–Kier alpha value is -4.28. The van der Waals surface area contributed by atoms with E-state index in [0.717, 1.165) is 0 Å². The van der Waals surface area contributed by atoms with Crippen molar-refractivity contribution in [3.8, 4) is 0 Å². The van der Waals surface area contributed by atoms with Crippen molar-refractivity contribution in [3.63, 3.8) is 0 Å². The smallest absolute Gasteiger partial charge is 0.326 e. The highest BCUT2D eigenvalue weighted by molar-refractivity contribution is 5.98. The number of rotatable bonds is 35. The SMILES string of the molecule is CCC(=O)C[C@H](C(=O)N[C@@H](CC(=O)O)C(=O)C[C@H](C(=O)N[C@H](C(=O)C[C@H](C(=O)N[C@@H](CC)C(=O)O)[C@@H](O)[C@H](O)[C@H](O)CO)[C@@H](O)[C@H](O)[C@H](O)CO)[C@@H](O)[C@H](O)[C@H](O)CO)[C@@H](O)[C@H](O)[C@H](O)CO. The van der Waals surface area contributed by atoms with Crippen molar-refractivity contribution in [2.24, 2.45) is 17.8 Å². The molecule has 67 heavy (non-hydrogen) atoms. The second-order valence-corrected chi connectivity index (χ2v) is 15.6. The van der Waals surface area contributed by atoms with Gasteiger partial charge in [0.05, 0.1) is 75.0 Å². The third-order valence-electron chi connectivity index (χ3n) is 10.7. The van der Waals surface area contributed by atoms with E-state index >= 15 is 0 Å². The van der Waals surface area contributed by atoms with E-state index in [0.29, 0.717) is 0 Å². The standard InChI is InChI=1S/C38H65N3O26/c1-3-13(46)5-14(27(55)30(58)21(49)9-42)35(63)40-18(8-25(53)54)19(47)6-15(28(56)31(59)22(50)10-43)37(65)41-26(34(62)33(61)24(52)12-45)20(48)7-16(29(57)32(60)23(51)11-44)36(64)39-17(4-2)38(66)67/h14-18,21-24,26-34,42-45,49-52,55-62H,3-12H2,1-2H3,(H,39,64)(H,40,63)(H,41,65)(H,53,54)(H,66,67)/t14-,15-,16-,17-,18-,21+,22+,23+,24+,26+,27+,28+,29+,30+,31+,32+,33+,34+/m0/s1. The van der Waals surface area contributed by atoms with E-state index in [2.05, 4.69) is 0 Å². The van der Waals surface area contributed by atoms with Crippen LogP contribution in [0.3, 0.4) is 0 Å². The Labute approximate surface area is 380 Å². The number of Topliss-reactive ketones (excluding diaryl/α,β-unsaturated/α-hetero) is 3. The van der Waals surface area contributed by atoms with Crippen LogP contribution in [0, 0.1) is 17.8 Å². The highest BCUT2D eigenvalue weighted by atomic mass is 16.4. The van der Waals surface area contributed by atoms with Gasteiger partial charge in [-0.2, -0.15) is 0 Å². The molecule has 0 bridgehead atoms. The van der Waals surface area contributed by atoms with Gasteiger partial charge in [0, 0.05) is 25.7 Å². The minimum absolute atomic E-state index is 0.273. The molecule has 0 aliphatic carbocycles. The zero-order chi connectivity index (χ0) is 52.2. The molecule has 0 saturated heterocycles. The Kier molecular flexibility index (Phi) is 28.3. The number of amides is 3. The van der Waals surface area contributed by atoms with Crippen molar-refractivity contribution < 1.29 is 130 Å². The molecule has 29 heteroatoms. The maximum Gasteiger partial charge on any atom is 0.326 e. The molecule has 0 aromatic rings. The fourth-order valence-electron chi connectivity index (χ4n) is 6.38. The second-order valence-electron chi connectivity index (χ2n) is 15.6. The highest BCUT2D eigenvalue weighted by Crippen LogP contribution is 2.24. The molecule has 0 aliphatic rings. The normalized spacial score (nSPS) is 19.9. The summed E-state index contributed by atoms with van der Waals surface area (Å²) in [5, 5.41) is 188. The molecule has 18 atom stereocenters. The number of carboxylic acid groups (broad SMARTS) is 2. The van der Waals surface area contributed by atoms with E-state index in [9.17, 15) is 130 Å². The van der Waals surface area contributed by atoms with Gasteiger partial charge in [0.15, 0.2) is 11.6 Å².